The van der Waals surface area contributed by atoms with Crippen molar-refractivity contribution in [2.45, 2.75) is 32.5 Å². The van der Waals surface area contributed by atoms with Crippen LogP contribution in [0.2, 0.25) is 0 Å². The maximum absolute atomic E-state index is 12.6. The molecule has 3 amide bonds. The Kier molecular flexibility index (Phi) is 6.23. The lowest BCUT2D eigenvalue weighted by atomic mass is 10.2. The third-order valence-electron chi connectivity index (χ3n) is 4.40. The molecule has 0 radical (unpaired) electrons. The Morgan fingerprint density at radius 3 is 2.38 bits per heavy atom. The Bertz CT molecular complexity index is 914. The number of benzene rings is 2. The van der Waals surface area contributed by atoms with Crippen molar-refractivity contribution in [2.24, 2.45) is 4.99 Å². The molecule has 0 aromatic heterocycles. The number of nitrogens with one attached hydrogen (secondary N) is 3. The molecule has 0 saturated heterocycles. The molecule has 1 heterocycles. The van der Waals surface area contributed by atoms with Crippen molar-refractivity contribution >= 4 is 29.2 Å². The fourth-order valence-electron chi connectivity index (χ4n) is 2.77. The van der Waals surface area contributed by atoms with Gasteiger partial charge in [-0.15, -0.1) is 0 Å². The standard InChI is InChI=1S/C21H23N5O3/c1-14(19(27)22-13-16-9-5-3-6-10-16)24-20(28)18-23-15(2)21(29)26(25-18)17-11-7-4-8-12-17/h3-12,14-15H,13H2,1-2H3,(H,22,27)(H,23,25)(H,24,28). The van der Waals surface area contributed by atoms with E-state index >= 15 is 0 Å². The van der Waals surface area contributed by atoms with Gasteiger partial charge in [-0.25, -0.2) is 10.0 Å². The molecule has 0 spiro atoms. The Hall–Kier alpha value is -3.68. The lowest BCUT2D eigenvalue weighted by Gasteiger charge is -2.30. The molecule has 2 aromatic carbocycles. The summed E-state index contributed by atoms with van der Waals surface area (Å²) in [6.45, 7) is 3.57. The van der Waals surface area contributed by atoms with Crippen LogP contribution in [0.1, 0.15) is 19.4 Å². The molecule has 8 heteroatoms. The molecule has 2 unspecified atom stereocenters. The Balaban J connectivity index is 1.61. The van der Waals surface area contributed by atoms with Crippen LogP contribution in [-0.4, -0.2) is 35.6 Å². The summed E-state index contributed by atoms with van der Waals surface area (Å²) in [5.74, 6) is -1.18. The fraction of sp³-hybridized carbons (Fsp3) is 0.238. The van der Waals surface area contributed by atoms with Gasteiger partial charge in [0.1, 0.15) is 12.1 Å². The second-order valence-corrected chi connectivity index (χ2v) is 6.67. The first kappa shape index (κ1) is 20.1. The van der Waals surface area contributed by atoms with Crippen molar-refractivity contribution in [3.05, 3.63) is 66.2 Å². The molecule has 3 N–H and O–H groups in total. The van der Waals surface area contributed by atoms with Gasteiger partial charge in [-0.1, -0.05) is 48.5 Å². The van der Waals surface area contributed by atoms with E-state index in [1.54, 1.807) is 38.1 Å². The van der Waals surface area contributed by atoms with Crippen molar-refractivity contribution in [3.63, 3.8) is 0 Å². The smallest absolute Gasteiger partial charge is 0.288 e. The molecule has 8 nitrogen and oxygen atoms in total. The number of amidine groups is 1. The number of anilines is 1. The quantitative estimate of drug-likeness (QED) is 0.685. The van der Waals surface area contributed by atoms with Gasteiger partial charge in [-0.3, -0.25) is 19.8 Å². The van der Waals surface area contributed by atoms with E-state index in [4.69, 9.17) is 0 Å². The summed E-state index contributed by atoms with van der Waals surface area (Å²) in [6.07, 6.45) is 0. The molecule has 150 valence electrons. The van der Waals surface area contributed by atoms with E-state index in [1.807, 2.05) is 36.4 Å². The SMILES string of the molecule is CC1N=C(C(=O)NC(C)C(=O)NCc2ccccc2)NN(c2ccccc2)C1=O. The van der Waals surface area contributed by atoms with Crippen molar-refractivity contribution in [2.75, 3.05) is 5.01 Å². The third kappa shape index (κ3) is 4.98. The van der Waals surface area contributed by atoms with Gasteiger partial charge < -0.3 is 10.6 Å². The third-order valence-corrected chi connectivity index (χ3v) is 4.40. The second kappa shape index (κ2) is 9.01. The molecule has 2 aromatic rings. The van der Waals surface area contributed by atoms with E-state index in [1.165, 1.54) is 5.01 Å². The van der Waals surface area contributed by atoms with Crippen molar-refractivity contribution in [1.29, 1.82) is 0 Å². The molecular weight excluding hydrogens is 370 g/mol. The van der Waals surface area contributed by atoms with E-state index < -0.39 is 18.0 Å². The van der Waals surface area contributed by atoms with Gasteiger partial charge in [-0.05, 0) is 31.5 Å². The normalized spacial score (nSPS) is 17.0. The van der Waals surface area contributed by atoms with Crippen LogP contribution in [0.15, 0.2) is 65.7 Å². The van der Waals surface area contributed by atoms with E-state index in [9.17, 15) is 14.4 Å². The molecule has 1 aliphatic rings. The van der Waals surface area contributed by atoms with E-state index in [2.05, 4.69) is 21.1 Å². The van der Waals surface area contributed by atoms with Gasteiger partial charge in [0.05, 0.1) is 5.69 Å². The number of hydrazine groups is 1. The van der Waals surface area contributed by atoms with Crippen LogP contribution in [0.25, 0.3) is 0 Å². The van der Waals surface area contributed by atoms with E-state index in [0.29, 0.717) is 12.2 Å². The van der Waals surface area contributed by atoms with Crippen molar-refractivity contribution < 1.29 is 14.4 Å². The summed E-state index contributed by atoms with van der Waals surface area (Å²) in [5.41, 5.74) is 4.30. The summed E-state index contributed by atoms with van der Waals surface area (Å²) in [6, 6.07) is 16.9. The highest BCUT2D eigenvalue weighted by atomic mass is 16.2. The predicted octanol–water partition coefficient (Wildman–Crippen LogP) is 1.15. The number of rotatable bonds is 6. The van der Waals surface area contributed by atoms with Crippen LogP contribution in [0.3, 0.4) is 0 Å². The minimum Gasteiger partial charge on any atom is -0.350 e. The van der Waals surface area contributed by atoms with Crippen molar-refractivity contribution in [3.8, 4) is 0 Å². The highest BCUT2D eigenvalue weighted by molar-refractivity contribution is 6.39. The summed E-state index contributed by atoms with van der Waals surface area (Å²) in [7, 11) is 0. The van der Waals surface area contributed by atoms with E-state index in [0.717, 1.165) is 5.56 Å². The van der Waals surface area contributed by atoms with Crippen LogP contribution in [-0.2, 0) is 20.9 Å². The minimum atomic E-state index is -0.770. The molecule has 0 fully saturated rings. The number of carbonyl (C=O) groups is 3. The Labute approximate surface area is 169 Å². The Morgan fingerprint density at radius 2 is 1.72 bits per heavy atom. The van der Waals surface area contributed by atoms with E-state index in [-0.39, 0.29) is 17.6 Å². The highest BCUT2D eigenvalue weighted by Gasteiger charge is 2.31. The van der Waals surface area contributed by atoms with Gasteiger partial charge in [0.2, 0.25) is 11.7 Å². The maximum atomic E-state index is 12.6. The Morgan fingerprint density at radius 1 is 1.10 bits per heavy atom. The molecule has 0 bridgehead atoms. The topological polar surface area (TPSA) is 103 Å². The van der Waals surface area contributed by atoms with Gasteiger partial charge >= 0.3 is 0 Å². The largest absolute Gasteiger partial charge is 0.350 e. The molecule has 2 atom stereocenters. The number of amides is 3. The van der Waals surface area contributed by atoms with Gasteiger partial charge in [0.15, 0.2) is 0 Å². The summed E-state index contributed by atoms with van der Waals surface area (Å²) in [5, 5.41) is 6.67. The number of para-hydroxylation sites is 1. The van der Waals surface area contributed by atoms with Gasteiger partial charge in [0, 0.05) is 6.54 Å². The summed E-state index contributed by atoms with van der Waals surface area (Å²) >= 11 is 0. The summed E-state index contributed by atoms with van der Waals surface area (Å²) < 4.78 is 0. The summed E-state index contributed by atoms with van der Waals surface area (Å²) in [4.78, 5) is 41.4. The molecule has 3 rings (SSSR count). The van der Waals surface area contributed by atoms with Crippen LogP contribution in [0.4, 0.5) is 5.69 Å². The van der Waals surface area contributed by atoms with Crippen LogP contribution < -0.4 is 21.1 Å². The lowest BCUT2D eigenvalue weighted by Crippen LogP contribution is -2.59. The number of nitrogens with zero attached hydrogens (tertiary/aromatic N) is 2. The van der Waals surface area contributed by atoms with Gasteiger partial charge in [0.25, 0.3) is 11.8 Å². The monoisotopic (exact) mass is 393 g/mol. The second-order valence-electron chi connectivity index (χ2n) is 6.67. The van der Waals surface area contributed by atoms with Crippen LogP contribution in [0.5, 0.6) is 0 Å². The number of hydrogen-bond donors (Lipinski definition) is 3. The first-order chi connectivity index (χ1) is 14.0. The first-order valence-electron chi connectivity index (χ1n) is 9.31. The number of carbonyl (C=O) groups excluding carboxylic acids is 3. The zero-order chi connectivity index (χ0) is 20.8. The lowest BCUT2D eigenvalue weighted by molar-refractivity contribution is -0.126. The molecule has 0 aliphatic carbocycles. The highest BCUT2D eigenvalue weighted by Crippen LogP contribution is 2.15. The molecule has 29 heavy (non-hydrogen) atoms. The van der Waals surface area contributed by atoms with Crippen LogP contribution in [0, 0.1) is 0 Å². The zero-order valence-electron chi connectivity index (χ0n) is 16.3. The maximum Gasteiger partial charge on any atom is 0.288 e. The average Bonchev–Trinajstić information content (AvgIpc) is 2.75. The average molecular weight is 393 g/mol. The van der Waals surface area contributed by atoms with Crippen molar-refractivity contribution in [1.82, 2.24) is 16.1 Å². The molecule has 0 saturated carbocycles. The molecular formula is C21H23N5O3. The zero-order valence-corrected chi connectivity index (χ0v) is 16.3. The minimum absolute atomic E-state index is 0.0244. The fourth-order valence-corrected chi connectivity index (χ4v) is 2.77. The number of hydrogen-bond acceptors (Lipinski definition) is 5. The first-order valence-corrected chi connectivity index (χ1v) is 9.31. The number of aliphatic imine (C=N–C) groups is 1. The molecule has 1 aliphatic heterocycles. The predicted molar refractivity (Wildman–Crippen MR) is 110 cm³/mol. The van der Waals surface area contributed by atoms with Gasteiger partial charge in [-0.2, -0.15) is 0 Å². The van der Waals surface area contributed by atoms with Crippen LogP contribution >= 0.6 is 0 Å².